The van der Waals surface area contributed by atoms with Crippen molar-refractivity contribution < 1.29 is 9.53 Å². The molecule has 0 fully saturated rings. The maximum absolute atomic E-state index is 12.6. The van der Waals surface area contributed by atoms with Crippen molar-refractivity contribution in [1.29, 1.82) is 0 Å². The molecule has 0 atom stereocenters. The molecule has 1 aliphatic rings. The van der Waals surface area contributed by atoms with Gasteiger partial charge in [-0.05, 0) is 35.2 Å². The summed E-state index contributed by atoms with van der Waals surface area (Å²) in [4.78, 5) is 18.7. The minimum Gasteiger partial charge on any atom is -0.497 e. The van der Waals surface area contributed by atoms with Crippen molar-refractivity contribution in [1.82, 2.24) is 20.1 Å². The first-order chi connectivity index (χ1) is 13.2. The Kier molecular flexibility index (Phi) is 4.74. The predicted octanol–water partition coefficient (Wildman–Crippen LogP) is 2.99. The van der Waals surface area contributed by atoms with Crippen LogP contribution in [0.5, 0.6) is 5.75 Å². The van der Waals surface area contributed by atoms with Crippen LogP contribution in [-0.2, 0) is 19.4 Å². The van der Waals surface area contributed by atoms with Crippen molar-refractivity contribution in [3.63, 3.8) is 0 Å². The van der Waals surface area contributed by atoms with Crippen LogP contribution in [0.3, 0.4) is 0 Å². The van der Waals surface area contributed by atoms with Crippen LogP contribution in [0.2, 0.25) is 0 Å². The Morgan fingerprint density at radius 2 is 2.07 bits per heavy atom. The van der Waals surface area contributed by atoms with Gasteiger partial charge in [0.15, 0.2) is 0 Å². The largest absolute Gasteiger partial charge is 0.497 e. The Hall–Kier alpha value is -3.35. The van der Waals surface area contributed by atoms with Crippen LogP contribution in [0.25, 0.3) is 0 Å². The van der Waals surface area contributed by atoms with Crippen molar-refractivity contribution in [2.75, 3.05) is 19.0 Å². The molecule has 138 valence electrons. The van der Waals surface area contributed by atoms with E-state index < -0.39 is 0 Å². The third-order valence-electron chi connectivity index (χ3n) is 4.68. The number of aromatic nitrogens is 3. The summed E-state index contributed by atoms with van der Waals surface area (Å²) in [5.74, 6) is 1.86. The first kappa shape index (κ1) is 17.1. The van der Waals surface area contributed by atoms with Crippen molar-refractivity contribution >= 4 is 12.0 Å². The highest BCUT2D eigenvalue weighted by Gasteiger charge is 2.22. The second-order valence-corrected chi connectivity index (χ2v) is 6.50. The van der Waals surface area contributed by atoms with E-state index >= 15 is 0 Å². The van der Waals surface area contributed by atoms with E-state index in [4.69, 9.17) is 4.74 Å². The second-order valence-electron chi connectivity index (χ2n) is 6.50. The summed E-state index contributed by atoms with van der Waals surface area (Å²) >= 11 is 0. The SMILES string of the molecule is COc1ccc2c(c1)CCN(C(=O)Nc1n[nH]c(Cc3ccccc3)n1)C2. The van der Waals surface area contributed by atoms with Crippen LogP contribution in [0.4, 0.5) is 10.7 Å². The van der Waals surface area contributed by atoms with Gasteiger partial charge in [-0.2, -0.15) is 4.98 Å². The first-order valence-electron chi connectivity index (χ1n) is 8.88. The number of H-pyrrole nitrogens is 1. The molecule has 0 unspecified atom stereocenters. The fraction of sp³-hybridized carbons (Fsp3) is 0.250. The number of anilines is 1. The van der Waals surface area contributed by atoms with E-state index in [9.17, 15) is 4.79 Å². The Balaban J connectivity index is 1.38. The van der Waals surface area contributed by atoms with Gasteiger partial charge in [-0.15, -0.1) is 5.10 Å². The Labute approximate surface area is 157 Å². The van der Waals surface area contributed by atoms with Gasteiger partial charge >= 0.3 is 6.03 Å². The van der Waals surface area contributed by atoms with E-state index in [0.717, 1.165) is 23.3 Å². The summed E-state index contributed by atoms with van der Waals surface area (Å²) in [5, 5.41) is 9.77. The summed E-state index contributed by atoms with van der Waals surface area (Å²) in [5.41, 5.74) is 3.49. The highest BCUT2D eigenvalue weighted by molar-refractivity contribution is 5.87. The molecule has 2 N–H and O–H groups in total. The fourth-order valence-electron chi connectivity index (χ4n) is 3.22. The van der Waals surface area contributed by atoms with Crippen molar-refractivity contribution in [3.8, 4) is 5.75 Å². The number of ether oxygens (including phenoxy) is 1. The average molecular weight is 363 g/mol. The van der Waals surface area contributed by atoms with Gasteiger partial charge in [-0.3, -0.25) is 10.4 Å². The number of rotatable bonds is 4. The molecule has 4 rings (SSSR count). The molecule has 0 radical (unpaired) electrons. The number of benzene rings is 2. The quantitative estimate of drug-likeness (QED) is 0.746. The average Bonchev–Trinajstić information content (AvgIpc) is 3.14. The van der Waals surface area contributed by atoms with Crippen molar-refractivity contribution in [3.05, 3.63) is 71.0 Å². The van der Waals surface area contributed by atoms with E-state index in [0.29, 0.717) is 31.3 Å². The van der Waals surface area contributed by atoms with Crippen LogP contribution in [-0.4, -0.2) is 39.8 Å². The molecule has 3 aromatic rings. The lowest BCUT2D eigenvalue weighted by atomic mass is 10.00. The first-order valence-corrected chi connectivity index (χ1v) is 8.88. The number of nitrogens with zero attached hydrogens (tertiary/aromatic N) is 3. The van der Waals surface area contributed by atoms with Crippen LogP contribution in [0.1, 0.15) is 22.5 Å². The lowest BCUT2D eigenvalue weighted by molar-refractivity contribution is 0.206. The minimum atomic E-state index is -0.193. The summed E-state index contributed by atoms with van der Waals surface area (Å²) in [7, 11) is 1.66. The van der Waals surface area contributed by atoms with Crippen LogP contribution in [0.15, 0.2) is 48.5 Å². The van der Waals surface area contributed by atoms with Gasteiger partial charge in [0.25, 0.3) is 0 Å². The fourth-order valence-corrected chi connectivity index (χ4v) is 3.22. The van der Waals surface area contributed by atoms with Gasteiger partial charge in [-0.25, -0.2) is 4.79 Å². The molecule has 2 amide bonds. The molecule has 0 bridgehead atoms. The number of hydrogen-bond donors (Lipinski definition) is 2. The molecule has 0 aliphatic carbocycles. The van der Waals surface area contributed by atoms with Crippen LogP contribution in [0, 0.1) is 0 Å². The number of amides is 2. The summed E-state index contributed by atoms with van der Waals surface area (Å²) in [6, 6.07) is 15.8. The van der Waals surface area contributed by atoms with Gasteiger partial charge < -0.3 is 9.64 Å². The van der Waals surface area contributed by atoms with Crippen molar-refractivity contribution in [2.24, 2.45) is 0 Å². The maximum Gasteiger partial charge on any atom is 0.324 e. The Morgan fingerprint density at radius 3 is 2.89 bits per heavy atom. The number of hydrogen-bond acceptors (Lipinski definition) is 4. The smallest absolute Gasteiger partial charge is 0.324 e. The van der Waals surface area contributed by atoms with E-state index in [1.807, 2.05) is 48.5 Å². The zero-order chi connectivity index (χ0) is 18.6. The molecular weight excluding hydrogens is 342 g/mol. The second kappa shape index (κ2) is 7.49. The van der Waals surface area contributed by atoms with E-state index in [1.165, 1.54) is 5.56 Å². The molecule has 0 spiro atoms. The number of urea groups is 1. The molecule has 7 nitrogen and oxygen atoms in total. The molecule has 2 heterocycles. The number of carbonyl (C=O) groups is 1. The minimum absolute atomic E-state index is 0.193. The number of carbonyl (C=O) groups excluding carboxylic acids is 1. The van der Waals surface area contributed by atoms with Gasteiger partial charge in [0.1, 0.15) is 11.6 Å². The molecule has 1 aromatic heterocycles. The summed E-state index contributed by atoms with van der Waals surface area (Å²) < 4.78 is 5.27. The number of fused-ring (bicyclic) bond motifs is 1. The van der Waals surface area contributed by atoms with Gasteiger partial charge in [0.2, 0.25) is 5.95 Å². The van der Waals surface area contributed by atoms with E-state index in [2.05, 4.69) is 20.5 Å². The molecule has 1 aliphatic heterocycles. The third kappa shape index (κ3) is 3.92. The summed E-state index contributed by atoms with van der Waals surface area (Å²) in [6.45, 7) is 1.21. The zero-order valence-electron chi connectivity index (χ0n) is 15.1. The number of aromatic amines is 1. The number of methoxy groups -OCH3 is 1. The third-order valence-corrected chi connectivity index (χ3v) is 4.68. The van der Waals surface area contributed by atoms with Gasteiger partial charge in [-0.1, -0.05) is 36.4 Å². The van der Waals surface area contributed by atoms with Crippen molar-refractivity contribution in [2.45, 2.75) is 19.4 Å². The highest BCUT2D eigenvalue weighted by Crippen LogP contribution is 2.24. The van der Waals surface area contributed by atoms with Crippen LogP contribution < -0.4 is 10.1 Å². The normalized spacial score (nSPS) is 13.1. The zero-order valence-corrected chi connectivity index (χ0v) is 15.1. The standard InChI is InChI=1S/C20H21N5O2/c1-27-17-8-7-16-13-25(10-9-15(16)12-17)20(26)22-19-21-18(23-24-19)11-14-5-3-2-4-6-14/h2-8,12H,9-11,13H2,1H3,(H2,21,22,23,24,26). The molecule has 7 heteroatoms. The van der Waals surface area contributed by atoms with E-state index in [1.54, 1.807) is 12.0 Å². The molecule has 27 heavy (non-hydrogen) atoms. The van der Waals surface area contributed by atoms with Crippen LogP contribution >= 0.6 is 0 Å². The topological polar surface area (TPSA) is 83.1 Å². The molecule has 2 aromatic carbocycles. The monoisotopic (exact) mass is 363 g/mol. The Morgan fingerprint density at radius 1 is 1.22 bits per heavy atom. The molecule has 0 saturated heterocycles. The highest BCUT2D eigenvalue weighted by atomic mass is 16.5. The molecule has 0 saturated carbocycles. The summed E-state index contributed by atoms with van der Waals surface area (Å²) in [6.07, 6.45) is 1.44. The molecular formula is C20H21N5O2. The van der Waals surface area contributed by atoms with Gasteiger partial charge in [0.05, 0.1) is 7.11 Å². The Bertz CT molecular complexity index is 939. The lowest BCUT2D eigenvalue weighted by Gasteiger charge is -2.28. The van der Waals surface area contributed by atoms with E-state index in [-0.39, 0.29) is 6.03 Å². The lowest BCUT2D eigenvalue weighted by Crippen LogP contribution is -2.39. The number of nitrogens with one attached hydrogen (secondary N) is 2. The maximum atomic E-state index is 12.6. The van der Waals surface area contributed by atoms with Gasteiger partial charge in [0, 0.05) is 19.5 Å². The predicted molar refractivity (Wildman–Crippen MR) is 102 cm³/mol.